The highest BCUT2D eigenvalue weighted by atomic mass is 32.1. The summed E-state index contributed by atoms with van der Waals surface area (Å²) in [6.07, 6.45) is 5.41. The molecule has 2 nitrogen and oxygen atoms in total. The van der Waals surface area contributed by atoms with E-state index in [4.69, 9.17) is 9.97 Å². The van der Waals surface area contributed by atoms with E-state index in [1.165, 1.54) is 60.5 Å². The Bertz CT molecular complexity index is 2000. The Labute approximate surface area is 231 Å². The first-order valence-electron chi connectivity index (χ1n) is 13.7. The van der Waals surface area contributed by atoms with E-state index in [1.54, 1.807) is 11.3 Å². The molecule has 0 radical (unpaired) electrons. The molecule has 8 rings (SSSR count). The topological polar surface area (TPSA) is 25.8 Å². The second-order valence-corrected chi connectivity index (χ2v) is 11.5. The molecule has 1 aliphatic carbocycles. The highest BCUT2D eigenvalue weighted by Crippen LogP contribution is 2.45. The van der Waals surface area contributed by atoms with Crippen LogP contribution >= 0.6 is 11.3 Å². The number of benzene rings is 5. The number of pyridine rings is 1. The smallest absolute Gasteiger partial charge is 0.142 e. The summed E-state index contributed by atoms with van der Waals surface area (Å²) in [6, 6.07) is 39.5. The maximum Gasteiger partial charge on any atom is 0.142 e. The van der Waals surface area contributed by atoms with Gasteiger partial charge in [0.15, 0.2) is 0 Å². The molecule has 5 aromatic carbocycles. The fourth-order valence-corrected chi connectivity index (χ4v) is 7.36. The zero-order chi connectivity index (χ0) is 25.8. The van der Waals surface area contributed by atoms with Crippen LogP contribution in [-0.4, -0.2) is 9.97 Å². The minimum atomic E-state index is 0.292. The Morgan fingerprint density at radius 1 is 0.667 bits per heavy atom. The van der Waals surface area contributed by atoms with Gasteiger partial charge in [-0.2, -0.15) is 0 Å². The van der Waals surface area contributed by atoms with Crippen LogP contribution < -0.4 is 0 Å². The summed E-state index contributed by atoms with van der Waals surface area (Å²) in [5.74, 6) is 0.292. The molecular weight excluding hydrogens is 492 g/mol. The summed E-state index contributed by atoms with van der Waals surface area (Å²) in [7, 11) is 0. The number of rotatable bonds is 3. The minimum Gasteiger partial charge on any atom is -0.245 e. The highest BCUT2D eigenvalue weighted by molar-refractivity contribution is 7.18. The number of aromatic nitrogens is 2. The Kier molecular flexibility index (Phi) is 5.31. The second kappa shape index (κ2) is 9.14. The molecule has 0 saturated heterocycles. The van der Waals surface area contributed by atoms with E-state index in [1.807, 2.05) is 6.20 Å². The van der Waals surface area contributed by atoms with Gasteiger partial charge in [0.2, 0.25) is 0 Å². The summed E-state index contributed by atoms with van der Waals surface area (Å²) in [4.78, 5) is 11.3. The van der Waals surface area contributed by atoms with Crippen LogP contribution in [-0.2, 0) is 6.42 Å². The van der Waals surface area contributed by atoms with Gasteiger partial charge in [0, 0.05) is 17.5 Å². The molecule has 2 heterocycles. The molecule has 0 amide bonds. The Hall–Kier alpha value is -4.34. The van der Waals surface area contributed by atoms with Crippen LogP contribution in [0.5, 0.6) is 0 Å². The summed E-state index contributed by atoms with van der Waals surface area (Å²) >= 11 is 1.74. The van der Waals surface area contributed by atoms with Gasteiger partial charge in [0.1, 0.15) is 10.7 Å². The van der Waals surface area contributed by atoms with Crippen LogP contribution in [0, 0.1) is 0 Å². The number of para-hydroxylation sites is 1. The van der Waals surface area contributed by atoms with E-state index < -0.39 is 0 Å². The van der Waals surface area contributed by atoms with Gasteiger partial charge in [-0.3, -0.25) is 0 Å². The van der Waals surface area contributed by atoms with Crippen molar-refractivity contribution < 1.29 is 0 Å². The SMILES string of the molecule is c1ccc(-c2cnc(-c3nc4ccccc4cc3C3CCCc4c3ccc3c4ccc4ccccc43)s2)cc1. The average molecular weight is 519 g/mol. The average Bonchev–Trinajstić information content (AvgIpc) is 3.50. The van der Waals surface area contributed by atoms with Gasteiger partial charge in [-0.1, -0.05) is 97.1 Å². The molecule has 39 heavy (non-hydrogen) atoms. The number of aryl methyl sites for hydroxylation is 1. The van der Waals surface area contributed by atoms with E-state index in [-0.39, 0.29) is 0 Å². The van der Waals surface area contributed by atoms with Crippen molar-refractivity contribution in [1.82, 2.24) is 9.97 Å². The maximum atomic E-state index is 5.25. The summed E-state index contributed by atoms with van der Waals surface area (Å²) < 4.78 is 0. The van der Waals surface area contributed by atoms with Crippen LogP contribution in [0.4, 0.5) is 0 Å². The van der Waals surface area contributed by atoms with Crippen molar-refractivity contribution in [2.45, 2.75) is 25.2 Å². The normalized spacial score (nSPS) is 15.1. The van der Waals surface area contributed by atoms with E-state index >= 15 is 0 Å². The Balaban J connectivity index is 1.33. The van der Waals surface area contributed by atoms with Crippen LogP contribution in [0.2, 0.25) is 0 Å². The lowest BCUT2D eigenvalue weighted by atomic mass is 9.76. The fourth-order valence-electron chi connectivity index (χ4n) is 6.42. The van der Waals surface area contributed by atoms with Gasteiger partial charge < -0.3 is 0 Å². The molecular formula is C36H26N2S. The van der Waals surface area contributed by atoms with Gasteiger partial charge >= 0.3 is 0 Å². The summed E-state index contributed by atoms with van der Waals surface area (Å²) in [6.45, 7) is 0. The standard InChI is InChI=1S/C36H26N2S/c1-2-10-24(11-3-1)34-22-37-36(39-34)35-32(21-25-12-5-7-16-33(25)38-35)28-15-8-14-27-30-18-17-23-9-4-6-13-26(23)29(30)19-20-31(27)28/h1-7,9-13,16-22,28H,8,14-15H2. The van der Waals surface area contributed by atoms with Gasteiger partial charge in [-0.25, -0.2) is 9.97 Å². The van der Waals surface area contributed by atoms with Crippen molar-refractivity contribution in [3.05, 3.63) is 132 Å². The van der Waals surface area contributed by atoms with Gasteiger partial charge in [0.25, 0.3) is 0 Å². The van der Waals surface area contributed by atoms with Gasteiger partial charge in [0.05, 0.1) is 10.4 Å². The third kappa shape index (κ3) is 3.77. The highest BCUT2D eigenvalue weighted by Gasteiger charge is 2.28. The van der Waals surface area contributed by atoms with E-state index in [0.29, 0.717) is 5.92 Å². The Morgan fingerprint density at radius 3 is 2.38 bits per heavy atom. The number of nitrogens with zero attached hydrogens (tertiary/aromatic N) is 2. The zero-order valence-electron chi connectivity index (χ0n) is 21.5. The Morgan fingerprint density at radius 2 is 1.46 bits per heavy atom. The van der Waals surface area contributed by atoms with Crippen LogP contribution in [0.3, 0.4) is 0 Å². The van der Waals surface area contributed by atoms with E-state index in [9.17, 15) is 0 Å². The van der Waals surface area contributed by atoms with E-state index in [2.05, 4.69) is 109 Å². The molecule has 7 aromatic rings. The minimum absolute atomic E-state index is 0.292. The number of thiazole rings is 1. The first-order chi connectivity index (χ1) is 19.3. The van der Waals surface area contributed by atoms with Gasteiger partial charge in [-0.15, -0.1) is 11.3 Å². The predicted octanol–water partition coefficient (Wildman–Crippen LogP) is 9.80. The molecule has 2 aromatic heterocycles. The molecule has 3 heteroatoms. The van der Waals surface area contributed by atoms with Crippen molar-refractivity contribution in [2.24, 2.45) is 0 Å². The van der Waals surface area contributed by atoms with Crippen LogP contribution in [0.25, 0.3) is 53.6 Å². The lowest BCUT2D eigenvalue weighted by molar-refractivity contribution is 0.619. The largest absolute Gasteiger partial charge is 0.245 e. The molecule has 1 aliphatic rings. The monoisotopic (exact) mass is 518 g/mol. The fraction of sp³-hybridized carbons (Fsp3) is 0.111. The van der Waals surface area contributed by atoms with Crippen LogP contribution in [0.15, 0.2) is 115 Å². The van der Waals surface area contributed by atoms with Crippen molar-refractivity contribution in [2.75, 3.05) is 0 Å². The lowest BCUT2D eigenvalue weighted by Gasteiger charge is -2.28. The summed E-state index contributed by atoms with van der Waals surface area (Å²) in [5, 5.41) is 7.58. The molecule has 0 N–H and O–H groups in total. The van der Waals surface area contributed by atoms with Crippen molar-refractivity contribution >= 4 is 43.8 Å². The number of hydrogen-bond donors (Lipinski definition) is 0. The van der Waals surface area contributed by atoms with Gasteiger partial charge in [-0.05, 0) is 75.2 Å². The molecule has 0 aliphatic heterocycles. The van der Waals surface area contributed by atoms with Crippen molar-refractivity contribution in [1.29, 1.82) is 0 Å². The number of fused-ring (bicyclic) bond motifs is 6. The predicted molar refractivity (Wildman–Crippen MR) is 165 cm³/mol. The lowest BCUT2D eigenvalue weighted by Crippen LogP contribution is -2.13. The van der Waals surface area contributed by atoms with E-state index in [0.717, 1.165) is 29.1 Å². The van der Waals surface area contributed by atoms with Crippen molar-refractivity contribution in [3.63, 3.8) is 0 Å². The van der Waals surface area contributed by atoms with Crippen molar-refractivity contribution in [3.8, 4) is 21.1 Å². The quantitative estimate of drug-likeness (QED) is 0.218. The zero-order valence-corrected chi connectivity index (χ0v) is 22.3. The molecule has 0 fully saturated rings. The molecule has 1 atom stereocenters. The molecule has 1 unspecified atom stereocenters. The molecule has 0 spiro atoms. The maximum absolute atomic E-state index is 5.25. The molecule has 0 bridgehead atoms. The third-order valence-electron chi connectivity index (χ3n) is 8.26. The molecule has 186 valence electrons. The second-order valence-electron chi connectivity index (χ2n) is 10.5. The number of hydrogen-bond acceptors (Lipinski definition) is 3. The third-order valence-corrected chi connectivity index (χ3v) is 9.32. The first-order valence-corrected chi connectivity index (χ1v) is 14.5. The first kappa shape index (κ1) is 22.6. The molecule has 0 saturated carbocycles. The summed E-state index contributed by atoms with van der Waals surface area (Å²) in [5.41, 5.74) is 7.49. The van der Waals surface area contributed by atoms with Crippen LogP contribution in [0.1, 0.15) is 35.4 Å².